The van der Waals surface area contributed by atoms with Crippen molar-refractivity contribution in [2.24, 2.45) is 5.92 Å². The SMILES string of the molecule is CC(C)CCOc1ccc(C23CCCCC2=CN(CCC(=O)O)C(=O)N3)cc1Cl. The highest BCUT2D eigenvalue weighted by Gasteiger charge is 2.43. The lowest BCUT2D eigenvalue weighted by Gasteiger charge is -2.45. The Hall–Kier alpha value is -2.21. The maximum atomic E-state index is 12.7. The molecular formula is C22H29ClN2O4. The molecule has 1 saturated carbocycles. The standard InChI is InChI=1S/C22H29ClN2O4/c1-15(2)9-12-29-19-7-6-16(13-18(19)23)22-10-4-3-5-17(22)14-25(21(28)24-22)11-8-20(26)27/h6-7,13-15H,3-5,8-12H2,1-2H3,(H,24,28)(H,26,27). The molecule has 1 atom stereocenters. The summed E-state index contributed by atoms with van der Waals surface area (Å²) in [5, 5.41) is 12.6. The average Bonchev–Trinajstić information content (AvgIpc) is 2.67. The van der Waals surface area contributed by atoms with E-state index in [4.69, 9.17) is 21.4 Å². The van der Waals surface area contributed by atoms with Gasteiger partial charge in [-0.1, -0.05) is 37.9 Å². The third kappa shape index (κ3) is 4.86. The molecular weight excluding hydrogens is 392 g/mol. The lowest BCUT2D eigenvalue weighted by atomic mass is 9.72. The Morgan fingerprint density at radius 1 is 1.38 bits per heavy atom. The second kappa shape index (κ2) is 9.08. The first-order chi connectivity index (χ1) is 13.8. The molecule has 2 amide bonds. The lowest BCUT2D eigenvalue weighted by molar-refractivity contribution is -0.137. The highest BCUT2D eigenvalue weighted by atomic mass is 35.5. The van der Waals surface area contributed by atoms with Crippen molar-refractivity contribution in [3.8, 4) is 5.75 Å². The lowest BCUT2D eigenvalue weighted by Crippen LogP contribution is -2.56. The minimum absolute atomic E-state index is 0.0849. The summed E-state index contributed by atoms with van der Waals surface area (Å²) < 4.78 is 5.82. The van der Waals surface area contributed by atoms with Crippen LogP contribution < -0.4 is 10.1 Å². The average molecular weight is 421 g/mol. The first-order valence-corrected chi connectivity index (χ1v) is 10.6. The van der Waals surface area contributed by atoms with Crippen LogP contribution in [-0.4, -0.2) is 35.2 Å². The van der Waals surface area contributed by atoms with Gasteiger partial charge >= 0.3 is 12.0 Å². The molecule has 29 heavy (non-hydrogen) atoms. The molecule has 1 aliphatic heterocycles. The van der Waals surface area contributed by atoms with Crippen LogP contribution in [0.25, 0.3) is 0 Å². The Morgan fingerprint density at radius 2 is 2.17 bits per heavy atom. The maximum Gasteiger partial charge on any atom is 0.322 e. The predicted molar refractivity (Wildman–Crippen MR) is 112 cm³/mol. The van der Waals surface area contributed by atoms with E-state index < -0.39 is 11.5 Å². The fourth-order valence-corrected chi connectivity index (χ4v) is 4.21. The van der Waals surface area contributed by atoms with Crippen LogP contribution in [0.1, 0.15) is 57.9 Å². The number of aliphatic carboxylic acids is 1. The monoisotopic (exact) mass is 420 g/mol. The van der Waals surface area contributed by atoms with Gasteiger partial charge in [0.25, 0.3) is 0 Å². The first kappa shape index (κ1) is 21.5. The van der Waals surface area contributed by atoms with E-state index >= 15 is 0 Å². The van der Waals surface area contributed by atoms with Crippen LogP contribution in [0.3, 0.4) is 0 Å². The van der Waals surface area contributed by atoms with Crippen LogP contribution >= 0.6 is 11.6 Å². The van der Waals surface area contributed by atoms with Crippen molar-refractivity contribution in [1.29, 1.82) is 0 Å². The van der Waals surface area contributed by atoms with E-state index in [1.807, 2.05) is 24.4 Å². The molecule has 7 heteroatoms. The summed E-state index contributed by atoms with van der Waals surface area (Å²) in [6.07, 6.45) is 6.39. The van der Waals surface area contributed by atoms with Gasteiger partial charge in [0.15, 0.2) is 0 Å². The van der Waals surface area contributed by atoms with Crippen molar-refractivity contribution >= 4 is 23.6 Å². The molecule has 1 aliphatic carbocycles. The number of hydrogen-bond acceptors (Lipinski definition) is 3. The minimum atomic E-state index is -0.920. The number of nitrogens with one attached hydrogen (secondary N) is 1. The molecule has 2 aliphatic rings. The molecule has 0 spiro atoms. The fourth-order valence-electron chi connectivity index (χ4n) is 3.97. The minimum Gasteiger partial charge on any atom is -0.492 e. The van der Waals surface area contributed by atoms with Gasteiger partial charge in [0, 0.05) is 12.7 Å². The molecule has 0 saturated heterocycles. The number of amides is 2. The Bertz CT molecular complexity index is 808. The van der Waals surface area contributed by atoms with Gasteiger partial charge in [0.1, 0.15) is 5.75 Å². The van der Waals surface area contributed by atoms with Gasteiger partial charge in [-0.2, -0.15) is 0 Å². The van der Waals surface area contributed by atoms with Crippen LogP contribution in [0.4, 0.5) is 4.79 Å². The van der Waals surface area contributed by atoms with E-state index in [1.165, 1.54) is 4.90 Å². The molecule has 158 valence electrons. The highest BCUT2D eigenvalue weighted by Crippen LogP contribution is 2.45. The number of halogens is 1. The molecule has 0 radical (unpaired) electrons. The molecule has 0 bridgehead atoms. The molecule has 1 heterocycles. The number of urea groups is 1. The Morgan fingerprint density at radius 3 is 2.86 bits per heavy atom. The number of carbonyl (C=O) groups excluding carboxylic acids is 1. The predicted octanol–water partition coefficient (Wildman–Crippen LogP) is 4.92. The van der Waals surface area contributed by atoms with Crippen LogP contribution in [0, 0.1) is 5.92 Å². The number of benzene rings is 1. The summed E-state index contributed by atoms with van der Waals surface area (Å²) in [6.45, 7) is 5.07. The second-order valence-corrected chi connectivity index (χ2v) is 8.62. The number of carboxylic acids is 1. The van der Waals surface area contributed by atoms with E-state index in [0.717, 1.165) is 43.2 Å². The Labute approximate surface area is 176 Å². The van der Waals surface area contributed by atoms with Crippen LogP contribution in [-0.2, 0) is 10.3 Å². The summed E-state index contributed by atoms with van der Waals surface area (Å²) in [5.41, 5.74) is 1.45. The third-order valence-electron chi connectivity index (χ3n) is 5.63. The summed E-state index contributed by atoms with van der Waals surface area (Å²) in [4.78, 5) is 25.1. The smallest absolute Gasteiger partial charge is 0.322 e. The number of nitrogens with zero attached hydrogens (tertiary/aromatic N) is 1. The molecule has 1 fully saturated rings. The van der Waals surface area contributed by atoms with E-state index in [9.17, 15) is 9.59 Å². The maximum absolute atomic E-state index is 12.7. The van der Waals surface area contributed by atoms with E-state index in [2.05, 4.69) is 19.2 Å². The van der Waals surface area contributed by atoms with Gasteiger partial charge < -0.3 is 20.1 Å². The molecule has 1 aromatic rings. The van der Waals surface area contributed by atoms with Crippen molar-refractivity contribution in [2.75, 3.05) is 13.2 Å². The van der Waals surface area contributed by atoms with E-state index in [1.54, 1.807) is 0 Å². The Kier molecular flexibility index (Phi) is 6.73. The number of rotatable bonds is 8. The summed E-state index contributed by atoms with van der Waals surface area (Å²) in [5.74, 6) is 0.291. The molecule has 0 aromatic heterocycles. The van der Waals surface area contributed by atoms with Crippen molar-refractivity contribution in [3.05, 3.63) is 40.6 Å². The normalized spacial score (nSPS) is 21.4. The van der Waals surface area contributed by atoms with Gasteiger partial charge in [-0.15, -0.1) is 0 Å². The number of ether oxygens (including phenoxy) is 1. The number of carbonyl (C=O) groups is 2. The highest BCUT2D eigenvalue weighted by molar-refractivity contribution is 6.32. The van der Waals surface area contributed by atoms with Crippen molar-refractivity contribution in [1.82, 2.24) is 10.2 Å². The van der Waals surface area contributed by atoms with Crippen molar-refractivity contribution in [3.63, 3.8) is 0 Å². The molecule has 1 unspecified atom stereocenters. The zero-order valence-electron chi connectivity index (χ0n) is 17.0. The zero-order chi connectivity index (χ0) is 21.0. The summed E-state index contributed by atoms with van der Waals surface area (Å²) in [7, 11) is 0. The van der Waals surface area contributed by atoms with Crippen molar-refractivity contribution in [2.45, 2.75) is 57.9 Å². The molecule has 2 N–H and O–H groups in total. The topological polar surface area (TPSA) is 78.9 Å². The third-order valence-corrected chi connectivity index (χ3v) is 5.93. The van der Waals surface area contributed by atoms with E-state index in [0.29, 0.717) is 23.3 Å². The van der Waals surface area contributed by atoms with Crippen molar-refractivity contribution < 1.29 is 19.4 Å². The molecule has 3 rings (SSSR count). The van der Waals surface area contributed by atoms with Crippen LogP contribution in [0.2, 0.25) is 5.02 Å². The van der Waals surface area contributed by atoms with Gasteiger partial charge in [-0.05, 0) is 54.9 Å². The van der Waals surface area contributed by atoms with Gasteiger partial charge in [-0.25, -0.2) is 4.79 Å². The van der Waals surface area contributed by atoms with Gasteiger partial charge in [0.05, 0.1) is 23.6 Å². The van der Waals surface area contributed by atoms with Crippen LogP contribution in [0.5, 0.6) is 5.75 Å². The second-order valence-electron chi connectivity index (χ2n) is 8.21. The van der Waals surface area contributed by atoms with Crippen LogP contribution in [0.15, 0.2) is 30.0 Å². The molecule has 1 aromatic carbocycles. The number of hydrogen-bond donors (Lipinski definition) is 2. The van der Waals surface area contributed by atoms with E-state index in [-0.39, 0.29) is 19.0 Å². The summed E-state index contributed by atoms with van der Waals surface area (Å²) in [6, 6.07) is 5.47. The molecule has 6 nitrogen and oxygen atoms in total. The number of fused-ring (bicyclic) bond motifs is 1. The summed E-state index contributed by atoms with van der Waals surface area (Å²) >= 11 is 6.51. The van der Waals surface area contributed by atoms with Gasteiger partial charge in [0.2, 0.25) is 0 Å². The number of carboxylic acid groups (broad SMARTS) is 1. The fraction of sp³-hybridized carbons (Fsp3) is 0.545. The quantitative estimate of drug-likeness (QED) is 0.625. The first-order valence-electron chi connectivity index (χ1n) is 10.3. The Balaban J connectivity index is 1.85. The largest absolute Gasteiger partial charge is 0.492 e. The van der Waals surface area contributed by atoms with Gasteiger partial charge in [-0.3, -0.25) is 4.79 Å². The zero-order valence-corrected chi connectivity index (χ0v) is 17.8.